The summed E-state index contributed by atoms with van der Waals surface area (Å²) < 4.78 is 15.2. The Kier molecular flexibility index (Phi) is 2.10. The highest BCUT2D eigenvalue weighted by Gasteiger charge is 2.09. The zero-order valence-electron chi connectivity index (χ0n) is 5.77. The van der Waals surface area contributed by atoms with Crippen LogP contribution < -0.4 is 0 Å². The lowest BCUT2D eigenvalue weighted by molar-refractivity contribution is 0.644. The molecule has 1 aromatic carbocycles. The molecule has 0 bridgehead atoms. The first-order valence-corrected chi connectivity index (χ1v) is 5.20. The molecule has 0 aliphatic rings. The van der Waals surface area contributed by atoms with E-state index in [0.29, 0.717) is 5.39 Å². The summed E-state index contributed by atoms with van der Waals surface area (Å²) in [6.45, 7) is 0. The Hall–Kier alpha value is -0.120. The van der Waals surface area contributed by atoms with E-state index >= 15 is 0 Å². The number of fused-ring (bicyclic) bond motifs is 1. The van der Waals surface area contributed by atoms with Crippen molar-refractivity contribution < 1.29 is 4.39 Å². The molecule has 0 amide bonds. The fourth-order valence-electron chi connectivity index (χ4n) is 1.01. The summed E-state index contributed by atoms with van der Waals surface area (Å²) in [5.41, 5.74) is 0. The van der Waals surface area contributed by atoms with Crippen LogP contribution in [0.5, 0.6) is 0 Å². The van der Waals surface area contributed by atoms with Crippen molar-refractivity contribution >= 4 is 49.0 Å². The number of thiophene rings is 1. The van der Waals surface area contributed by atoms with Crippen LogP contribution in [-0.4, -0.2) is 0 Å². The Balaban J connectivity index is 2.87. The predicted molar refractivity (Wildman–Crippen MR) is 54.5 cm³/mol. The van der Waals surface area contributed by atoms with Gasteiger partial charge in [0, 0.05) is 14.6 Å². The molecule has 0 fully saturated rings. The SMILES string of the molecule is Fc1c(Cl)sc2cc(Br)ccc12. The highest BCUT2D eigenvalue weighted by Crippen LogP contribution is 2.34. The number of rotatable bonds is 0. The van der Waals surface area contributed by atoms with Crippen molar-refractivity contribution in [2.75, 3.05) is 0 Å². The third-order valence-corrected chi connectivity index (χ3v) is 3.36. The zero-order valence-corrected chi connectivity index (χ0v) is 8.93. The molecule has 0 radical (unpaired) electrons. The van der Waals surface area contributed by atoms with Gasteiger partial charge in [-0.25, -0.2) is 4.39 Å². The first-order chi connectivity index (χ1) is 5.68. The van der Waals surface area contributed by atoms with Crippen molar-refractivity contribution in [2.45, 2.75) is 0 Å². The van der Waals surface area contributed by atoms with Gasteiger partial charge in [-0.1, -0.05) is 27.5 Å². The molecule has 12 heavy (non-hydrogen) atoms. The van der Waals surface area contributed by atoms with Gasteiger partial charge in [-0.05, 0) is 18.2 Å². The van der Waals surface area contributed by atoms with E-state index in [9.17, 15) is 4.39 Å². The Morgan fingerprint density at radius 2 is 2.17 bits per heavy atom. The van der Waals surface area contributed by atoms with Gasteiger partial charge in [0.15, 0.2) is 5.82 Å². The molecule has 62 valence electrons. The molecular formula is C8H3BrClFS. The smallest absolute Gasteiger partial charge is 0.160 e. The van der Waals surface area contributed by atoms with Crippen molar-refractivity contribution in [3.05, 3.63) is 32.8 Å². The first-order valence-electron chi connectivity index (χ1n) is 3.21. The van der Waals surface area contributed by atoms with Crippen LogP contribution >= 0.6 is 38.9 Å². The van der Waals surface area contributed by atoms with Gasteiger partial charge in [0.2, 0.25) is 0 Å². The fraction of sp³-hybridized carbons (Fsp3) is 0. The largest absolute Gasteiger partial charge is 0.204 e. The monoisotopic (exact) mass is 264 g/mol. The minimum absolute atomic E-state index is 0.225. The highest BCUT2D eigenvalue weighted by atomic mass is 79.9. The number of hydrogen-bond donors (Lipinski definition) is 0. The highest BCUT2D eigenvalue weighted by molar-refractivity contribution is 9.10. The second-order valence-corrected chi connectivity index (χ2v) is 4.90. The minimum atomic E-state index is -0.316. The van der Waals surface area contributed by atoms with E-state index in [1.807, 2.05) is 6.07 Å². The lowest BCUT2D eigenvalue weighted by Crippen LogP contribution is -1.68. The normalized spacial score (nSPS) is 10.9. The second-order valence-electron chi connectivity index (χ2n) is 2.33. The van der Waals surface area contributed by atoms with Crippen LogP contribution in [0.4, 0.5) is 4.39 Å². The van der Waals surface area contributed by atoms with Crippen LogP contribution in [0.3, 0.4) is 0 Å². The molecule has 0 nitrogen and oxygen atoms in total. The molecule has 0 aliphatic heterocycles. The molecule has 0 saturated carbocycles. The van der Waals surface area contributed by atoms with E-state index in [1.54, 1.807) is 12.1 Å². The van der Waals surface area contributed by atoms with Gasteiger partial charge in [0.25, 0.3) is 0 Å². The zero-order chi connectivity index (χ0) is 8.72. The van der Waals surface area contributed by atoms with E-state index in [0.717, 1.165) is 9.17 Å². The van der Waals surface area contributed by atoms with Crippen molar-refractivity contribution in [1.29, 1.82) is 0 Å². The first kappa shape index (κ1) is 8.48. The maximum absolute atomic E-state index is 13.2. The maximum atomic E-state index is 13.2. The quantitative estimate of drug-likeness (QED) is 0.660. The average molecular weight is 266 g/mol. The molecule has 2 rings (SSSR count). The van der Waals surface area contributed by atoms with Gasteiger partial charge in [0.05, 0.1) is 0 Å². The van der Waals surface area contributed by atoms with E-state index < -0.39 is 0 Å². The minimum Gasteiger partial charge on any atom is -0.204 e. The molecule has 0 N–H and O–H groups in total. The summed E-state index contributed by atoms with van der Waals surface area (Å²) in [4.78, 5) is 0. The Morgan fingerprint density at radius 3 is 2.92 bits per heavy atom. The Bertz CT molecular complexity index is 438. The summed E-state index contributed by atoms with van der Waals surface area (Å²) in [5.74, 6) is -0.316. The van der Waals surface area contributed by atoms with Gasteiger partial charge in [-0.15, -0.1) is 11.3 Å². The van der Waals surface area contributed by atoms with Crippen molar-refractivity contribution in [1.82, 2.24) is 0 Å². The summed E-state index contributed by atoms with van der Waals surface area (Å²) in [5, 5.41) is 0.591. The van der Waals surface area contributed by atoms with Gasteiger partial charge in [-0.2, -0.15) is 0 Å². The van der Waals surface area contributed by atoms with Crippen LogP contribution in [-0.2, 0) is 0 Å². The van der Waals surface area contributed by atoms with Crippen molar-refractivity contribution in [3.8, 4) is 0 Å². The number of hydrogen-bond acceptors (Lipinski definition) is 1. The van der Waals surface area contributed by atoms with E-state index in [2.05, 4.69) is 15.9 Å². The van der Waals surface area contributed by atoms with Crippen molar-refractivity contribution in [3.63, 3.8) is 0 Å². The fourth-order valence-corrected chi connectivity index (χ4v) is 2.72. The second kappa shape index (κ2) is 2.98. The number of benzene rings is 1. The van der Waals surface area contributed by atoms with Crippen LogP contribution in [0.15, 0.2) is 22.7 Å². The molecule has 0 saturated heterocycles. The maximum Gasteiger partial charge on any atom is 0.160 e. The average Bonchev–Trinajstić information content (AvgIpc) is 2.28. The predicted octanol–water partition coefficient (Wildman–Crippen LogP) is 4.46. The van der Waals surface area contributed by atoms with Gasteiger partial charge < -0.3 is 0 Å². The summed E-state index contributed by atoms with van der Waals surface area (Å²) >= 11 is 10.2. The summed E-state index contributed by atoms with van der Waals surface area (Å²) in [6, 6.07) is 5.38. The van der Waals surface area contributed by atoms with Gasteiger partial charge in [-0.3, -0.25) is 0 Å². The topological polar surface area (TPSA) is 0 Å². The van der Waals surface area contributed by atoms with E-state index in [4.69, 9.17) is 11.6 Å². The number of halogens is 3. The van der Waals surface area contributed by atoms with Crippen LogP contribution in [0.1, 0.15) is 0 Å². The van der Waals surface area contributed by atoms with E-state index in [-0.39, 0.29) is 10.2 Å². The molecule has 0 unspecified atom stereocenters. The molecule has 1 aromatic heterocycles. The molecule has 0 spiro atoms. The molecule has 0 aliphatic carbocycles. The molecule has 2 aromatic rings. The Morgan fingerprint density at radius 1 is 1.42 bits per heavy atom. The Labute approximate surface area is 86.1 Å². The van der Waals surface area contributed by atoms with Crippen LogP contribution in [0.2, 0.25) is 4.34 Å². The van der Waals surface area contributed by atoms with Crippen LogP contribution in [0, 0.1) is 5.82 Å². The standard InChI is InChI=1S/C8H3BrClFS/c9-4-1-2-5-6(3-4)12-8(10)7(5)11/h1-3H. The van der Waals surface area contributed by atoms with Gasteiger partial charge >= 0.3 is 0 Å². The lowest BCUT2D eigenvalue weighted by atomic mass is 10.3. The third kappa shape index (κ3) is 1.26. The van der Waals surface area contributed by atoms with Gasteiger partial charge in [0.1, 0.15) is 4.34 Å². The summed E-state index contributed by atoms with van der Waals surface area (Å²) in [6.07, 6.45) is 0. The van der Waals surface area contributed by atoms with Crippen LogP contribution in [0.25, 0.3) is 10.1 Å². The summed E-state index contributed by atoms with van der Waals surface area (Å²) in [7, 11) is 0. The molecule has 1 heterocycles. The molecular weight excluding hydrogens is 263 g/mol. The lowest BCUT2D eigenvalue weighted by Gasteiger charge is -1.89. The molecule has 4 heteroatoms. The van der Waals surface area contributed by atoms with E-state index in [1.165, 1.54) is 11.3 Å². The third-order valence-electron chi connectivity index (χ3n) is 1.55. The van der Waals surface area contributed by atoms with Crippen molar-refractivity contribution in [2.24, 2.45) is 0 Å². The molecule has 0 atom stereocenters.